The van der Waals surface area contributed by atoms with E-state index in [0.717, 1.165) is 12.1 Å². The molecule has 2 aromatic carbocycles. The molecule has 0 unspecified atom stereocenters. The molecule has 0 aliphatic rings. The van der Waals surface area contributed by atoms with Crippen LogP contribution < -0.4 is 10.0 Å². The van der Waals surface area contributed by atoms with Gasteiger partial charge in [0.15, 0.2) is 0 Å². The van der Waals surface area contributed by atoms with Crippen molar-refractivity contribution in [2.24, 2.45) is 0 Å². The number of amides is 1. The van der Waals surface area contributed by atoms with Crippen molar-refractivity contribution in [1.82, 2.24) is 4.72 Å². The summed E-state index contributed by atoms with van der Waals surface area (Å²) in [5, 5.41) is 2.35. The van der Waals surface area contributed by atoms with Crippen LogP contribution in [0.4, 0.5) is 14.5 Å². The van der Waals surface area contributed by atoms with E-state index in [1.807, 2.05) is 0 Å². The Morgan fingerprint density at radius 2 is 1.58 bits per heavy atom. The number of hydrogen-bond acceptors (Lipinski definition) is 3. The zero-order valence-corrected chi connectivity index (χ0v) is 14.1. The summed E-state index contributed by atoms with van der Waals surface area (Å²) >= 11 is 0. The largest absolute Gasteiger partial charge is 0.322 e. The van der Waals surface area contributed by atoms with Gasteiger partial charge in [0.25, 0.3) is 5.91 Å². The Hall–Kier alpha value is -2.32. The summed E-state index contributed by atoms with van der Waals surface area (Å²) in [7, 11) is -2.47. The van der Waals surface area contributed by atoms with E-state index in [4.69, 9.17) is 0 Å². The van der Waals surface area contributed by atoms with Crippen molar-refractivity contribution >= 4 is 21.6 Å². The quantitative estimate of drug-likeness (QED) is 0.886. The van der Waals surface area contributed by atoms with Crippen LogP contribution in [0.15, 0.2) is 35.2 Å². The molecule has 24 heavy (non-hydrogen) atoms. The molecule has 5 nitrogen and oxygen atoms in total. The molecule has 0 radical (unpaired) electrons. The van der Waals surface area contributed by atoms with Gasteiger partial charge in [-0.15, -0.1) is 0 Å². The van der Waals surface area contributed by atoms with Crippen LogP contribution in [0.2, 0.25) is 0 Å². The second kappa shape index (κ2) is 6.66. The van der Waals surface area contributed by atoms with E-state index in [9.17, 15) is 22.0 Å². The average Bonchev–Trinajstić information content (AvgIpc) is 2.48. The Bertz CT molecular complexity index is 892. The van der Waals surface area contributed by atoms with Gasteiger partial charge >= 0.3 is 0 Å². The maximum atomic E-state index is 13.2. The van der Waals surface area contributed by atoms with Crippen LogP contribution in [0.3, 0.4) is 0 Å². The molecular formula is C16H16F2N2O3S. The van der Waals surface area contributed by atoms with Crippen LogP contribution in [-0.4, -0.2) is 21.4 Å². The second-order valence-corrected chi connectivity index (χ2v) is 7.09. The lowest BCUT2D eigenvalue weighted by molar-refractivity contribution is 0.102. The van der Waals surface area contributed by atoms with Crippen LogP contribution in [0.5, 0.6) is 0 Å². The van der Waals surface area contributed by atoms with Crippen molar-refractivity contribution in [1.29, 1.82) is 0 Å². The lowest BCUT2D eigenvalue weighted by Gasteiger charge is -2.12. The molecule has 0 aromatic heterocycles. The lowest BCUT2D eigenvalue weighted by Crippen LogP contribution is -2.21. The van der Waals surface area contributed by atoms with Crippen molar-refractivity contribution in [3.05, 3.63) is 58.7 Å². The molecule has 0 fully saturated rings. The zero-order valence-electron chi connectivity index (χ0n) is 13.3. The lowest BCUT2D eigenvalue weighted by atomic mass is 10.1. The summed E-state index contributed by atoms with van der Waals surface area (Å²) in [5.41, 5.74) is 1.12. The molecule has 2 rings (SSSR count). The fraction of sp³-hybridized carbons (Fsp3) is 0.188. The smallest absolute Gasteiger partial charge is 0.255 e. The summed E-state index contributed by atoms with van der Waals surface area (Å²) in [5.74, 6) is -2.33. The number of rotatable bonds is 4. The van der Waals surface area contributed by atoms with Gasteiger partial charge in [-0.2, -0.15) is 0 Å². The number of anilines is 1. The highest BCUT2D eigenvalue weighted by atomic mass is 32.2. The van der Waals surface area contributed by atoms with Gasteiger partial charge in [0.1, 0.15) is 11.6 Å². The van der Waals surface area contributed by atoms with E-state index in [-0.39, 0.29) is 16.1 Å². The standard InChI is InChI=1S/C16H16F2N2O3S/c1-9-4-11(5-15(10(9)2)24(22,23)19-3)16(21)20-14-7-12(17)6-13(18)8-14/h4-8,19H,1-3H3,(H,20,21). The molecule has 0 aliphatic carbocycles. The molecule has 2 N–H and O–H groups in total. The van der Waals surface area contributed by atoms with Gasteiger partial charge < -0.3 is 5.32 Å². The Morgan fingerprint density at radius 1 is 1.00 bits per heavy atom. The maximum Gasteiger partial charge on any atom is 0.255 e. The second-order valence-electron chi connectivity index (χ2n) is 5.24. The Balaban J connectivity index is 2.43. The molecule has 0 heterocycles. The summed E-state index contributed by atoms with van der Waals surface area (Å²) in [6.45, 7) is 3.30. The molecule has 128 valence electrons. The zero-order chi connectivity index (χ0) is 18.1. The molecular weight excluding hydrogens is 338 g/mol. The number of hydrogen-bond donors (Lipinski definition) is 2. The predicted molar refractivity (Wildman–Crippen MR) is 86.5 cm³/mol. The highest BCUT2D eigenvalue weighted by molar-refractivity contribution is 7.89. The fourth-order valence-electron chi connectivity index (χ4n) is 2.18. The van der Waals surface area contributed by atoms with Gasteiger partial charge in [-0.3, -0.25) is 4.79 Å². The predicted octanol–water partition coefficient (Wildman–Crippen LogP) is 2.74. The van der Waals surface area contributed by atoms with E-state index in [0.29, 0.717) is 17.2 Å². The van der Waals surface area contributed by atoms with Gasteiger partial charge in [0, 0.05) is 17.3 Å². The van der Waals surface area contributed by atoms with E-state index in [2.05, 4.69) is 10.0 Å². The molecule has 1 amide bonds. The number of carbonyl (C=O) groups excluding carboxylic acids is 1. The summed E-state index contributed by atoms with van der Waals surface area (Å²) < 4.78 is 52.7. The van der Waals surface area contributed by atoms with E-state index in [1.54, 1.807) is 13.8 Å². The number of sulfonamides is 1. The van der Waals surface area contributed by atoms with Gasteiger partial charge in [-0.25, -0.2) is 21.9 Å². The highest BCUT2D eigenvalue weighted by Gasteiger charge is 2.19. The first-order chi connectivity index (χ1) is 11.1. The number of halogens is 2. The summed E-state index contributed by atoms with van der Waals surface area (Å²) in [4.78, 5) is 12.3. The monoisotopic (exact) mass is 354 g/mol. The van der Waals surface area contributed by atoms with Crippen molar-refractivity contribution in [3.8, 4) is 0 Å². The minimum absolute atomic E-state index is 0.0272. The Labute approximate surface area is 138 Å². The van der Waals surface area contributed by atoms with Crippen molar-refractivity contribution in [3.63, 3.8) is 0 Å². The fourth-order valence-corrected chi connectivity index (χ4v) is 3.24. The number of benzene rings is 2. The highest BCUT2D eigenvalue weighted by Crippen LogP contribution is 2.22. The molecule has 0 atom stereocenters. The van der Waals surface area contributed by atoms with E-state index < -0.39 is 27.6 Å². The minimum atomic E-state index is -3.74. The van der Waals surface area contributed by atoms with Crippen molar-refractivity contribution < 1.29 is 22.0 Å². The maximum absolute atomic E-state index is 13.2. The third kappa shape index (κ3) is 3.77. The number of aryl methyl sites for hydroxylation is 1. The van der Waals surface area contributed by atoms with E-state index >= 15 is 0 Å². The third-order valence-corrected chi connectivity index (χ3v) is 5.10. The molecule has 0 aliphatic heterocycles. The van der Waals surface area contributed by atoms with Gasteiger partial charge in [0.05, 0.1) is 4.90 Å². The molecule has 0 bridgehead atoms. The molecule has 0 saturated carbocycles. The first-order valence-corrected chi connectivity index (χ1v) is 8.44. The normalized spacial score (nSPS) is 11.4. The van der Waals surface area contributed by atoms with Crippen LogP contribution in [-0.2, 0) is 10.0 Å². The topological polar surface area (TPSA) is 75.3 Å². The number of nitrogens with one attached hydrogen (secondary N) is 2. The first-order valence-electron chi connectivity index (χ1n) is 6.96. The Morgan fingerprint density at radius 3 is 2.12 bits per heavy atom. The van der Waals surface area contributed by atoms with Crippen LogP contribution in [0, 0.1) is 25.5 Å². The van der Waals surface area contributed by atoms with Gasteiger partial charge in [-0.1, -0.05) is 0 Å². The summed E-state index contributed by atoms with van der Waals surface area (Å²) in [6, 6.07) is 5.35. The summed E-state index contributed by atoms with van der Waals surface area (Å²) in [6.07, 6.45) is 0. The average molecular weight is 354 g/mol. The van der Waals surface area contributed by atoms with Gasteiger partial charge in [-0.05, 0) is 56.3 Å². The van der Waals surface area contributed by atoms with E-state index in [1.165, 1.54) is 19.2 Å². The molecule has 0 spiro atoms. The third-order valence-electron chi connectivity index (χ3n) is 3.56. The molecule has 0 saturated heterocycles. The minimum Gasteiger partial charge on any atom is -0.322 e. The molecule has 2 aromatic rings. The van der Waals surface area contributed by atoms with Crippen LogP contribution in [0.1, 0.15) is 21.5 Å². The SMILES string of the molecule is CNS(=O)(=O)c1cc(C(=O)Nc2cc(F)cc(F)c2)cc(C)c1C. The van der Waals surface area contributed by atoms with Crippen LogP contribution >= 0.6 is 0 Å². The van der Waals surface area contributed by atoms with Crippen molar-refractivity contribution in [2.75, 3.05) is 12.4 Å². The first kappa shape index (κ1) is 18.0. The molecule has 8 heteroatoms. The number of carbonyl (C=O) groups is 1. The Kier molecular flexibility index (Phi) is 5.00. The van der Waals surface area contributed by atoms with Crippen LogP contribution in [0.25, 0.3) is 0 Å². The van der Waals surface area contributed by atoms with Gasteiger partial charge in [0.2, 0.25) is 10.0 Å². The van der Waals surface area contributed by atoms with Crippen molar-refractivity contribution in [2.45, 2.75) is 18.7 Å².